The molecule has 0 atom stereocenters. The smallest absolute Gasteiger partial charge is 0.211 e. The highest BCUT2D eigenvalue weighted by Gasteiger charge is 2.28. The summed E-state index contributed by atoms with van der Waals surface area (Å²) in [6.07, 6.45) is 0. The van der Waals surface area contributed by atoms with Crippen LogP contribution >= 0.6 is 0 Å². The Hall–Kier alpha value is -9.08. The Bertz CT molecular complexity index is 4070. The van der Waals surface area contributed by atoms with E-state index in [0.717, 1.165) is 87.5 Å². The van der Waals surface area contributed by atoms with E-state index in [1.165, 1.54) is 0 Å². The lowest BCUT2D eigenvalue weighted by Gasteiger charge is -2.20. The largest absolute Gasteiger partial charge is 0.456 e. The number of nitriles is 3. The molecule has 0 amide bonds. The summed E-state index contributed by atoms with van der Waals surface area (Å²) in [6.45, 7) is 8.42. The van der Waals surface area contributed by atoms with Crippen molar-refractivity contribution < 1.29 is 8.83 Å². The van der Waals surface area contributed by atoms with E-state index in [0.29, 0.717) is 22.5 Å². The van der Waals surface area contributed by atoms with Crippen LogP contribution in [-0.2, 0) is 0 Å². The molecule has 8 heteroatoms. The summed E-state index contributed by atoms with van der Waals surface area (Å²) in [5, 5.41) is 40.4. The summed E-state index contributed by atoms with van der Waals surface area (Å²) >= 11 is 0. The number of hydrogen-bond acceptors (Lipinski definition) is 5. The molecule has 8 aromatic carbocycles. The van der Waals surface area contributed by atoms with E-state index >= 15 is 0 Å². The Morgan fingerprint density at radius 3 is 1.45 bits per heavy atom. The van der Waals surface area contributed by atoms with Crippen LogP contribution in [0, 0.1) is 40.6 Å². The fraction of sp³-hybridized carbons (Fsp3) is 0. The van der Waals surface area contributed by atoms with Gasteiger partial charge in [0.25, 0.3) is 0 Å². The number of aromatic nitrogens is 2. The van der Waals surface area contributed by atoms with Crippen molar-refractivity contribution in [2.45, 2.75) is 0 Å². The molecule has 0 aliphatic carbocycles. The lowest BCUT2D eigenvalue weighted by molar-refractivity contribution is 0.669. The molecule has 4 aromatic heterocycles. The quantitative estimate of drug-likeness (QED) is 0.166. The molecule has 0 saturated heterocycles. The third-order valence-corrected chi connectivity index (χ3v) is 11.9. The Balaban J connectivity index is 1.22. The Kier molecular flexibility index (Phi) is 6.73. The number of para-hydroxylation sites is 4. The number of rotatable bonds is 3. The van der Waals surface area contributed by atoms with E-state index in [4.69, 9.17) is 15.4 Å². The fourth-order valence-corrected chi connectivity index (χ4v) is 9.51. The molecule has 8 nitrogen and oxygen atoms in total. The minimum atomic E-state index is 0.167. The predicted octanol–water partition coefficient (Wildman–Crippen LogP) is 13.5. The molecular formula is C52H24N6O2. The van der Waals surface area contributed by atoms with Crippen molar-refractivity contribution in [2.24, 2.45) is 0 Å². The number of fused-ring (bicyclic) bond motifs is 14. The maximum atomic E-state index is 11.4. The Labute approximate surface area is 340 Å². The summed E-state index contributed by atoms with van der Waals surface area (Å²) < 4.78 is 16.7. The molecule has 0 N–H and O–H groups in total. The third-order valence-electron chi connectivity index (χ3n) is 11.9. The van der Waals surface area contributed by atoms with Crippen LogP contribution in [0.1, 0.15) is 16.7 Å². The maximum Gasteiger partial charge on any atom is 0.211 e. The molecule has 0 unspecified atom stereocenters. The van der Waals surface area contributed by atoms with Crippen LogP contribution < -0.4 is 0 Å². The van der Waals surface area contributed by atoms with Crippen molar-refractivity contribution in [1.29, 1.82) is 15.8 Å². The molecule has 0 aliphatic heterocycles. The van der Waals surface area contributed by atoms with E-state index < -0.39 is 0 Å². The van der Waals surface area contributed by atoms with Gasteiger partial charge in [0.15, 0.2) is 0 Å². The molecule has 60 heavy (non-hydrogen) atoms. The second kappa shape index (κ2) is 12.2. The molecule has 0 fully saturated rings. The van der Waals surface area contributed by atoms with Crippen LogP contribution in [0.25, 0.3) is 115 Å². The van der Waals surface area contributed by atoms with Gasteiger partial charge >= 0.3 is 0 Å². The predicted molar refractivity (Wildman–Crippen MR) is 236 cm³/mol. The summed E-state index contributed by atoms with van der Waals surface area (Å²) in [5.74, 6) is 0. The maximum absolute atomic E-state index is 11.4. The zero-order valence-corrected chi connectivity index (χ0v) is 31.4. The van der Waals surface area contributed by atoms with E-state index in [1.807, 2.05) is 124 Å². The number of nitrogens with zero attached hydrogens (tertiary/aromatic N) is 6. The summed E-state index contributed by atoms with van der Waals surface area (Å²) in [7, 11) is 0. The first-order valence-electron chi connectivity index (χ1n) is 19.2. The van der Waals surface area contributed by atoms with Gasteiger partial charge in [-0.2, -0.15) is 15.8 Å². The molecular weight excluding hydrogens is 741 g/mol. The Morgan fingerprint density at radius 1 is 0.417 bits per heavy atom. The van der Waals surface area contributed by atoms with Gasteiger partial charge in [0.1, 0.15) is 40.5 Å². The minimum Gasteiger partial charge on any atom is -0.456 e. The number of hydrogen-bond donors (Lipinski definition) is 0. The van der Waals surface area contributed by atoms with Gasteiger partial charge in [-0.25, -0.2) is 4.85 Å². The molecule has 12 aromatic rings. The molecule has 4 heterocycles. The highest BCUT2D eigenvalue weighted by molar-refractivity contribution is 6.29. The number of benzene rings is 8. The zero-order valence-electron chi connectivity index (χ0n) is 31.4. The van der Waals surface area contributed by atoms with Gasteiger partial charge in [-0.15, -0.1) is 0 Å². The zero-order chi connectivity index (χ0) is 40.2. The highest BCUT2D eigenvalue weighted by Crippen LogP contribution is 2.48. The van der Waals surface area contributed by atoms with E-state index in [-0.39, 0.29) is 22.4 Å². The normalized spacial score (nSPS) is 11.6. The number of furan rings is 2. The monoisotopic (exact) mass is 764 g/mol. The van der Waals surface area contributed by atoms with Gasteiger partial charge in [0.05, 0.1) is 56.7 Å². The van der Waals surface area contributed by atoms with Crippen LogP contribution in [0.3, 0.4) is 0 Å². The molecule has 0 bridgehead atoms. The van der Waals surface area contributed by atoms with Gasteiger partial charge in [0, 0.05) is 54.2 Å². The second-order valence-corrected chi connectivity index (χ2v) is 14.8. The van der Waals surface area contributed by atoms with Crippen molar-refractivity contribution in [3.8, 4) is 40.7 Å². The van der Waals surface area contributed by atoms with Crippen LogP contribution in [0.4, 0.5) is 5.69 Å². The SMILES string of the molecule is [C-]#[N+]c1ccc(-c2ccc(C#N)c(C#N)c2-n2c3ccccc3c3c4c(ccc32)oc2ccccc24)c(C#N)c1-n1c2ccccc2c2c3c(ccc21)oc1ccccc13. The second-order valence-electron chi connectivity index (χ2n) is 14.8. The average Bonchev–Trinajstić information content (AvgIpc) is 4.05. The highest BCUT2D eigenvalue weighted by atomic mass is 16.3. The summed E-state index contributed by atoms with van der Waals surface area (Å²) in [4.78, 5) is 4.00. The van der Waals surface area contributed by atoms with Gasteiger partial charge in [-0.3, -0.25) is 0 Å². The first kappa shape index (κ1) is 33.1. The van der Waals surface area contributed by atoms with Crippen LogP contribution in [0.2, 0.25) is 0 Å². The minimum absolute atomic E-state index is 0.167. The molecule has 0 aliphatic rings. The molecule has 12 rings (SSSR count). The van der Waals surface area contributed by atoms with Crippen molar-refractivity contribution >= 4 is 93.2 Å². The summed E-state index contributed by atoms with van der Waals surface area (Å²) in [6, 6.07) is 53.9. The van der Waals surface area contributed by atoms with Crippen molar-refractivity contribution in [1.82, 2.24) is 9.13 Å². The molecule has 0 saturated carbocycles. The van der Waals surface area contributed by atoms with Crippen molar-refractivity contribution in [2.75, 3.05) is 0 Å². The van der Waals surface area contributed by atoms with Crippen LogP contribution in [-0.4, -0.2) is 9.13 Å². The topological polar surface area (TPSA) is 112 Å². The van der Waals surface area contributed by atoms with Gasteiger partial charge in [-0.05, 0) is 54.6 Å². The standard InChI is InChI=1S/C52H24N6O2/c1-56-38-21-20-30(37(28-55)52(38)58-40-15-7-3-11-33(40)48-42(58)23-25-46-50(48)35-13-5-9-17-44(35)60-46)31-19-18-29(26-53)36(27-54)51(31)57-39-14-6-2-10-32(39)47-41(57)22-24-45-49(47)34-12-4-8-16-43(34)59-45/h2-25H. The third kappa shape index (κ3) is 4.23. The van der Waals surface area contributed by atoms with E-state index in [1.54, 1.807) is 18.2 Å². The molecule has 0 radical (unpaired) electrons. The lowest BCUT2D eigenvalue weighted by atomic mass is 9.92. The Morgan fingerprint density at radius 2 is 0.917 bits per heavy atom. The first-order valence-corrected chi connectivity index (χ1v) is 19.2. The summed E-state index contributed by atoms with van der Waals surface area (Å²) in [5.41, 5.74) is 9.12. The van der Waals surface area contributed by atoms with Crippen molar-refractivity contribution in [3.63, 3.8) is 0 Å². The van der Waals surface area contributed by atoms with Crippen LogP contribution in [0.5, 0.6) is 0 Å². The van der Waals surface area contributed by atoms with Gasteiger partial charge in [0.2, 0.25) is 5.69 Å². The molecule has 274 valence electrons. The molecule has 0 spiro atoms. The van der Waals surface area contributed by atoms with E-state index in [9.17, 15) is 15.8 Å². The van der Waals surface area contributed by atoms with Gasteiger partial charge in [-0.1, -0.05) is 91.0 Å². The van der Waals surface area contributed by atoms with Gasteiger partial charge < -0.3 is 18.0 Å². The lowest BCUT2D eigenvalue weighted by Crippen LogP contribution is -2.05. The fourth-order valence-electron chi connectivity index (χ4n) is 9.51. The van der Waals surface area contributed by atoms with Crippen molar-refractivity contribution in [3.05, 3.63) is 174 Å². The van der Waals surface area contributed by atoms with Crippen LogP contribution in [0.15, 0.2) is 154 Å². The average molecular weight is 765 g/mol. The van der Waals surface area contributed by atoms with E-state index in [2.05, 4.69) is 35.2 Å². The first-order chi connectivity index (χ1) is 29.6.